The number of unbranched alkanes of at least 4 members (excludes halogenated alkanes) is 1. The zero-order valence-electron chi connectivity index (χ0n) is 21.9. The molecule has 2 aromatic heterocycles. The van der Waals surface area contributed by atoms with Crippen LogP contribution in [0.25, 0.3) is 22.6 Å². The highest BCUT2D eigenvalue weighted by atomic mass is 33.1. The van der Waals surface area contributed by atoms with E-state index in [2.05, 4.69) is 20.7 Å². The molecule has 0 saturated carbocycles. The predicted octanol–water partition coefficient (Wildman–Crippen LogP) is 4.29. The Morgan fingerprint density at radius 3 is 2.58 bits per heavy atom. The highest BCUT2D eigenvalue weighted by Crippen LogP contribution is 2.39. The molecule has 4 N–H and O–H groups in total. The predicted molar refractivity (Wildman–Crippen MR) is 162 cm³/mol. The highest BCUT2D eigenvalue weighted by molar-refractivity contribution is 8.77. The number of nitrogens with one attached hydrogen (secondary N) is 2. The summed E-state index contributed by atoms with van der Waals surface area (Å²) in [6, 6.07) is 16.2. The van der Waals surface area contributed by atoms with Crippen molar-refractivity contribution < 1.29 is 9.59 Å². The van der Waals surface area contributed by atoms with E-state index < -0.39 is 0 Å². The lowest BCUT2D eigenvalue weighted by molar-refractivity contribution is -0.121. The van der Waals surface area contributed by atoms with Crippen molar-refractivity contribution in [2.75, 3.05) is 23.3 Å². The van der Waals surface area contributed by atoms with E-state index in [4.69, 9.17) is 5.73 Å². The maximum absolute atomic E-state index is 13.0. The average molecular weight is 578 g/mol. The third-order valence-electron chi connectivity index (χ3n) is 6.58. The van der Waals surface area contributed by atoms with Crippen LogP contribution < -0.4 is 22.1 Å². The number of hydrogen-bond donors (Lipinski definition) is 3. The Bertz CT molecular complexity index is 1530. The van der Waals surface area contributed by atoms with Gasteiger partial charge in [-0.1, -0.05) is 58.3 Å². The quantitative estimate of drug-likeness (QED) is 0.177. The molecule has 1 atom stereocenters. The molecule has 12 heteroatoms. The van der Waals surface area contributed by atoms with Crippen molar-refractivity contribution in [2.45, 2.75) is 43.8 Å². The average Bonchev–Trinajstić information content (AvgIpc) is 3.60. The van der Waals surface area contributed by atoms with Crippen LogP contribution in [0.15, 0.2) is 65.6 Å². The number of nitrogen functional groups attached to an aromatic ring is 1. The number of aromatic nitrogens is 4. The van der Waals surface area contributed by atoms with E-state index in [1.807, 2.05) is 39.8 Å². The minimum absolute atomic E-state index is 0.0113. The molecule has 40 heavy (non-hydrogen) atoms. The normalized spacial score (nSPS) is 14.8. The second-order valence-electron chi connectivity index (χ2n) is 9.54. The lowest BCUT2D eigenvalue weighted by Gasteiger charge is -2.09. The summed E-state index contributed by atoms with van der Waals surface area (Å²) in [5.74, 6) is 1.17. The third kappa shape index (κ3) is 6.86. The molecule has 1 fully saturated rings. The van der Waals surface area contributed by atoms with Crippen LogP contribution in [0.2, 0.25) is 0 Å². The van der Waals surface area contributed by atoms with Crippen LogP contribution in [-0.4, -0.2) is 48.5 Å². The molecule has 0 aliphatic carbocycles. The molecular weight excluding hydrogens is 546 g/mol. The summed E-state index contributed by atoms with van der Waals surface area (Å²) in [5, 5.41) is 10.7. The van der Waals surface area contributed by atoms with Crippen LogP contribution in [0.4, 0.5) is 11.5 Å². The van der Waals surface area contributed by atoms with Gasteiger partial charge < -0.3 is 16.4 Å². The molecule has 4 aromatic rings. The number of carbonyl (C=O) groups is 2. The minimum atomic E-state index is -0.352. The molecular formula is C28H31N7O3S2. The van der Waals surface area contributed by atoms with Crippen molar-refractivity contribution in [2.24, 2.45) is 0 Å². The van der Waals surface area contributed by atoms with Gasteiger partial charge in [-0.15, -0.1) is 5.10 Å². The first-order valence-electron chi connectivity index (χ1n) is 13.3. The van der Waals surface area contributed by atoms with Gasteiger partial charge in [0.05, 0.1) is 11.4 Å². The SMILES string of the molecule is Nc1nc(-c2ccc(NC(=O)CCNC(=O)CCCCC3CCSS3)cc2)cn2c(=O)n(-c3ccccc3)nc12. The molecule has 2 amide bonds. The van der Waals surface area contributed by atoms with Gasteiger partial charge in [0.2, 0.25) is 17.5 Å². The van der Waals surface area contributed by atoms with Gasteiger partial charge in [-0.25, -0.2) is 14.2 Å². The van der Waals surface area contributed by atoms with Gasteiger partial charge in [-0.2, -0.15) is 4.68 Å². The number of amides is 2. The number of para-hydroxylation sites is 1. The summed E-state index contributed by atoms with van der Waals surface area (Å²) in [6.45, 7) is 0.298. The van der Waals surface area contributed by atoms with Crippen molar-refractivity contribution in [3.8, 4) is 16.9 Å². The fraction of sp³-hybridized carbons (Fsp3) is 0.321. The Balaban J connectivity index is 1.12. The lowest BCUT2D eigenvalue weighted by atomic mass is 10.1. The lowest BCUT2D eigenvalue weighted by Crippen LogP contribution is -2.27. The topological polar surface area (TPSA) is 136 Å². The van der Waals surface area contributed by atoms with Crippen LogP contribution in [0, 0.1) is 0 Å². The number of benzene rings is 2. The maximum Gasteiger partial charge on any atom is 0.355 e. The van der Waals surface area contributed by atoms with Crippen LogP contribution in [0.1, 0.15) is 38.5 Å². The molecule has 1 aliphatic rings. The molecule has 0 spiro atoms. The van der Waals surface area contributed by atoms with Gasteiger partial charge in [0.15, 0.2) is 5.82 Å². The number of anilines is 2. The van der Waals surface area contributed by atoms with E-state index in [1.165, 1.54) is 27.7 Å². The first-order valence-corrected chi connectivity index (χ1v) is 15.6. The van der Waals surface area contributed by atoms with Gasteiger partial charge in [0.1, 0.15) is 0 Å². The van der Waals surface area contributed by atoms with Gasteiger partial charge in [-0.05, 0) is 43.5 Å². The van der Waals surface area contributed by atoms with E-state index in [1.54, 1.807) is 42.6 Å². The Morgan fingerprint density at radius 2 is 1.82 bits per heavy atom. The van der Waals surface area contributed by atoms with Gasteiger partial charge in [-0.3, -0.25) is 9.59 Å². The number of fused-ring (bicyclic) bond motifs is 1. The fourth-order valence-electron chi connectivity index (χ4n) is 4.45. The molecule has 0 radical (unpaired) electrons. The van der Waals surface area contributed by atoms with Crippen LogP contribution in [0.3, 0.4) is 0 Å². The second kappa shape index (κ2) is 13.1. The molecule has 1 saturated heterocycles. The van der Waals surface area contributed by atoms with Gasteiger partial charge in [0, 0.05) is 47.8 Å². The third-order valence-corrected chi connectivity index (χ3v) is 9.58. The summed E-state index contributed by atoms with van der Waals surface area (Å²) in [6.07, 6.45) is 6.66. The zero-order valence-corrected chi connectivity index (χ0v) is 23.5. The smallest absolute Gasteiger partial charge is 0.355 e. The summed E-state index contributed by atoms with van der Waals surface area (Å²) >= 11 is 0. The summed E-state index contributed by atoms with van der Waals surface area (Å²) in [5.41, 5.74) is 8.54. The number of hydrogen-bond acceptors (Lipinski definition) is 8. The van der Waals surface area contributed by atoms with Crippen molar-refractivity contribution in [1.82, 2.24) is 24.5 Å². The van der Waals surface area contributed by atoms with Crippen molar-refractivity contribution in [3.05, 3.63) is 71.3 Å². The first-order chi connectivity index (χ1) is 19.5. The largest absolute Gasteiger partial charge is 0.381 e. The van der Waals surface area contributed by atoms with Crippen molar-refractivity contribution >= 4 is 50.6 Å². The molecule has 208 valence electrons. The van der Waals surface area contributed by atoms with Crippen LogP contribution in [0.5, 0.6) is 0 Å². The van der Waals surface area contributed by atoms with E-state index in [-0.39, 0.29) is 35.4 Å². The number of nitrogens with two attached hydrogens (primary N) is 1. The molecule has 10 nitrogen and oxygen atoms in total. The minimum Gasteiger partial charge on any atom is -0.381 e. The van der Waals surface area contributed by atoms with E-state index >= 15 is 0 Å². The summed E-state index contributed by atoms with van der Waals surface area (Å²) in [7, 11) is 3.91. The molecule has 5 rings (SSSR count). The Hall–Kier alpha value is -3.77. The van der Waals surface area contributed by atoms with Crippen molar-refractivity contribution in [1.29, 1.82) is 0 Å². The summed E-state index contributed by atoms with van der Waals surface area (Å²) in [4.78, 5) is 41.8. The second-order valence-corrected chi connectivity index (χ2v) is 12.3. The number of carbonyl (C=O) groups excluding carboxylic acids is 2. The molecule has 1 unspecified atom stereocenters. The fourth-order valence-corrected chi connectivity index (χ4v) is 7.48. The van der Waals surface area contributed by atoms with E-state index in [0.717, 1.165) is 23.7 Å². The highest BCUT2D eigenvalue weighted by Gasteiger charge is 2.16. The zero-order chi connectivity index (χ0) is 27.9. The molecule has 3 heterocycles. The molecule has 2 aromatic carbocycles. The standard InChI is InChI=1S/C28H31N7O3S2/c29-26-27-33-35(21-6-2-1-3-7-21)28(38)34(27)18-23(32-26)19-10-12-20(13-11-19)31-25(37)14-16-30-24(36)9-5-4-8-22-15-17-39-40-22/h1-3,6-7,10-13,18,22H,4-5,8-9,14-17H2,(H2,29,32)(H,30,36)(H,31,37). The number of nitrogens with zero attached hydrogens (tertiary/aromatic N) is 4. The first kappa shape index (κ1) is 27.8. The Kier molecular flexibility index (Phi) is 9.07. The Morgan fingerprint density at radius 1 is 1.02 bits per heavy atom. The summed E-state index contributed by atoms with van der Waals surface area (Å²) < 4.78 is 2.66. The molecule has 1 aliphatic heterocycles. The van der Waals surface area contributed by atoms with Gasteiger partial charge in [0.25, 0.3) is 0 Å². The monoisotopic (exact) mass is 577 g/mol. The van der Waals surface area contributed by atoms with Crippen LogP contribution >= 0.6 is 21.6 Å². The molecule has 0 bridgehead atoms. The van der Waals surface area contributed by atoms with E-state index in [9.17, 15) is 14.4 Å². The van der Waals surface area contributed by atoms with Crippen molar-refractivity contribution in [3.63, 3.8) is 0 Å². The maximum atomic E-state index is 13.0. The Labute approximate surface area is 239 Å². The number of rotatable bonds is 11. The van der Waals surface area contributed by atoms with Crippen LogP contribution in [-0.2, 0) is 9.59 Å². The van der Waals surface area contributed by atoms with Gasteiger partial charge >= 0.3 is 5.69 Å². The van der Waals surface area contributed by atoms with E-state index in [0.29, 0.717) is 30.0 Å².